The summed E-state index contributed by atoms with van der Waals surface area (Å²) in [6.07, 6.45) is 0.731. The van der Waals surface area contributed by atoms with Crippen LogP contribution in [0.1, 0.15) is 18.4 Å². The number of aryl methyl sites for hydroxylation is 1. The summed E-state index contributed by atoms with van der Waals surface area (Å²) < 4.78 is 40.0. The Morgan fingerprint density at radius 1 is 1.42 bits per heavy atom. The number of carbonyl (C=O) groups is 1. The molecular weight excluding hydrogens is 271 g/mol. The Labute approximate surface area is 111 Å². The Morgan fingerprint density at radius 3 is 2.74 bits per heavy atom. The highest BCUT2D eigenvalue weighted by Gasteiger charge is 2.24. The molecule has 1 aliphatic heterocycles. The van der Waals surface area contributed by atoms with E-state index in [0.717, 1.165) is 6.07 Å². The van der Waals surface area contributed by atoms with Crippen LogP contribution < -0.4 is 10.0 Å². The molecule has 2 N–H and O–H groups in total. The van der Waals surface area contributed by atoms with Crippen molar-refractivity contribution in [3.8, 4) is 0 Å². The fourth-order valence-electron chi connectivity index (χ4n) is 1.86. The van der Waals surface area contributed by atoms with Crippen LogP contribution in [-0.2, 0) is 14.8 Å². The summed E-state index contributed by atoms with van der Waals surface area (Å²) in [5, 5.41) is 2.59. The zero-order valence-electron chi connectivity index (χ0n) is 10.4. The molecule has 7 heteroatoms. The topological polar surface area (TPSA) is 75.3 Å². The van der Waals surface area contributed by atoms with Gasteiger partial charge in [0, 0.05) is 19.0 Å². The second-order valence-corrected chi connectivity index (χ2v) is 6.29. The number of rotatable bonds is 3. The Hall–Kier alpha value is -1.47. The van der Waals surface area contributed by atoms with Crippen molar-refractivity contribution in [2.45, 2.75) is 30.7 Å². The smallest absolute Gasteiger partial charge is 0.240 e. The molecule has 1 saturated heterocycles. The summed E-state index contributed by atoms with van der Waals surface area (Å²) >= 11 is 0. The van der Waals surface area contributed by atoms with Gasteiger partial charge in [-0.2, -0.15) is 0 Å². The van der Waals surface area contributed by atoms with Crippen LogP contribution >= 0.6 is 0 Å². The van der Waals surface area contributed by atoms with Gasteiger partial charge in [-0.05, 0) is 31.0 Å². The number of piperidine rings is 1. The first-order valence-corrected chi connectivity index (χ1v) is 7.42. The Morgan fingerprint density at radius 2 is 2.16 bits per heavy atom. The van der Waals surface area contributed by atoms with Crippen molar-refractivity contribution in [1.29, 1.82) is 0 Å². The van der Waals surface area contributed by atoms with Crippen LogP contribution in [0.5, 0.6) is 0 Å². The molecule has 1 unspecified atom stereocenters. The van der Waals surface area contributed by atoms with Gasteiger partial charge in [-0.25, -0.2) is 17.5 Å². The van der Waals surface area contributed by atoms with E-state index in [1.54, 1.807) is 6.92 Å². The first kappa shape index (κ1) is 14.0. The molecule has 1 aliphatic rings. The molecule has 0 aromatic heterocycles. The average Bonchev–Trinajstić information content (AvgIpc) is 2.35. The van der Waals surface area contributed by atoms with Gasteiger partial charge in [0.1, 0.15) is 5.82 Å². The molecule has 2 rings (SSSR count). The Bertz CT molecular complexity index is 591. The van der Waals surface area contributed by atoms with E-state index in [1.165, 1.54) is 12.1 Å². The minimum Gasteiger partial charge on any atom is -0.355 e. The van der Waals surface area contributed by atoms with E-state index in [-0.39, 0.29) is 29.8 Å². The third-order valence-corrected chi connectivity index (χ3v) is 4.56. The largest absolute Gasteiger partial charge is 0.355 e. The number of sulfonamides is 1. The third kappa shape index (κ3) is 3.30. The number of nitrogens with one attached hydrogen (secondary N) is 2. The highest BCUT2D eigenvalue weighted by molar-refractivity contribution is 7.89. The van der Waals surface area contributed by atoms with E-state index in [2.05, 4.69) is 10.0 Å². The van der Waals surface area contributed by atoms with E-state index in [1.807, 2.05) is 0 Å². The third-order valence-electron chi connectivity index (χ3n) is 3.04. The van der Waals surface area contributed by atoms with Gasteiger partial charge in [-0.1, -0.05) is 6.07 Å². The Kier molecular flexibility index (Phi) is 3.86. The standard InChI is InChI=1S/C12H15FN2O3S/c1-8-2-4-10(6-11(8)13)19(17,18)15-9-3-5-12(16)14-7-9/h2,4,6,9,15H,3,5,7H2,1H3,(H,14,16). The molecule has 1 aromatic carbocycles. The first-order valence-electron chi connectivity index (χ1n) is 5.94. The maximum absolute atomic E-state index is 13.4. The number of hydrogen-bond acceptors (Lipinski definition) is 3. The van der Waals surface area contributed by atoms with Gasteiger partial charge < -0.3 is 5.32 Å². The normalized spacial score (nSPS) is 20.1. The lowest BCUT2D eigenvalue weighted by Gasteiger charge is -2.23. The summed E-state index contributed by atoms with van der Waals surface area (Å²) in [7, 11) is -3.76. The van der Waals surface area contributed by atoms with Crippen molar-refractivity contribution in [3.63, 3.8) is 0 Å². The van der Waals surface area contributed by atoms with Crippen LogP contribution in [0.4, 0.5) is 4.39 Å². The molecule has 1 aromatic rings. The van der Waals surface area contributed by atoms with Crippen molar-refractivity contribution in [1.82, 2.24) is 10.0 Å². The monoisotopic (exact) mass is 286 g/mol. The highest BCUT2D eigenvalue weighted by atomic mass is 32.2. The van der Waals surface area contributed by atoms with Crippen molar-refractivity contribution >= 4 is 15.9 Å². The number of carbonyl (C=O) groups excluding carboxylic acids is 1. The lowest BCUT2D eigenvalue weighted by molar-refractivity contribution is -0.122. The molecule has 0 spiro atoms. The first-order chi connectivity index (χ1) is 8.88. The molecule has 0 aliphatic carbocycles. The molecule has 0 saturated carbocycles. The minimum atomic E-state index is -3.76. The van der Waals surface area contributed by atoms with Gasteiger partial charge >= 0.3 is 0 Å². The van der Waals surface area contributed by atoms with Crippen molar-refractivity contribution in [2.24, 2.45) is 0 Å². The fraction of sp³-hybridized carbons (Fsp3) is 0.417. The lowest BCUT2D eigenvalue weighted by atomic mass is 10.1. The summed E-state index contributed by atoms with van der Waals surface area (Å²) in [5.41, 5.74) is 0.392. The fourth-order valence-corrected chi connectivity index (χ4v) is 3.14. The van der Waals surface area contributed by atoms with Crippen LogP contribution in [0.15, 0.2) is 23.1 Å². The predicted octanol–water partition coefficient (Wildman–Crippen LogP) is 0.691. The molecule has 1 heterocycles. The molecule has 1 fully saturated rings. The minimum absolute atomic E-state index is 0.0863. The number of benzene rings is 1. The molecule has 0 radical (unpaired) electrons. The number of hydrogen-bond donors (Lipinski definition) is 2. The van der Waals surface area contributed by atoms with Crippen LogP contribution in [-0.4, -0.2) is 26.9 Å². The summed E-state index contributed by atoms with van der Waals surface area (Å²) in [5.74, 6) is -0.642. The van der Waals surface area contributed by atoms with Gasteiger partial charge in [0.25, 0.3) is 0 Å². The van der Waals surface area contributed by atoms with E-state index < -0.39 is 15.8 Å². The van der Waals surface area contributed by atoms with Gasteiger partial charge in [0.15, 0.2) is 0 Å². The van der Waals surface area contributed by atoms with Crippen molar-refractivity contribution in [2.75, 3.05) is 6.54 Å². The van der Waals surface area contributed by atoms with E-state index in [9.17, 15) is 17.6 Å². The van der Waals surface area contributed by atoms with Crippen molar-refractivity contribution in [3.05, 3.63) is 29.6 Å². The zero-order chi connectivity index (χ0) is 14.0. The molecule has 5 nitrogen and oxygen atoms in total. The molecular formula is C12H15FN2O3S. The molecule has 1 atom stereocenters. The van der Waals surface area contributed by atoms with E-state index >= 15 is 0 Å². The summed E-state index contributed by atoms with van der Waals surface area (Å²) in [4.78, 5) is 10.9. The van der Waals surface area contributed by atoms with Gasteiger partial charge in [0.2, 0.25) is 15.9 Å². The van der Waals surface area contributed by atoms with Crippen LogP contribution in [0.25, 0.3) is 0 Å². The summed E-state index contributed by atoms with van der Waals surface area (Å²) in [6, 6.07) is 3.43. The van der Waals surface area contributed by atoms with Crippen LogP contribution in [0, 0.1) is 12.7 Å². The second-order valence-electron chi connectivity index (χ2n) is 4.57. The quantitative estimate of drug-likeness (QED) is 0.858. The van der Waals surface area contributed by atoms with Gasteiger partial charge in [-0.3, -0.25) is 4.79 Å². The highest BCUT2D eigenvalue weighted by Crippen LogP contribution is 2.15. The zero-order valence-corrected chi connectivity index (χ0v) is 11.3. The molecule has 19 heavy (non-hydrogen) atoms. The SMILES string of the molecule is Cc1ccc(S(=O)(=O)NC2CCC(=O)NC2)cc1F. The van der Waals surface area contributed by atoms with E-state index in [4.69, 9.17) is 0 Å². The van der Waals surface area contributed by atoms with Crippen molar-refractivity contribution < 1.29 is 17.6 Å². The molecule has 104 valence electrons. The average molecular weight is 286 g/mol. The van der Waals surface area contributed by atoms with Crippen LogP contribution in [0.2, 0.25) is 0 Å². The maximum Gasteiger partial charge on any atom is 0.240 e. The second kappa shape index (κ2) is 5.26. The number of amides is 1. The van der Waals surface area contributed by atoms with Gasteiger partial charge in [-0.15, -0.1) is 0 Å². The lowest BCUT2D eigenvalue weighted by Crippen LogP contribution is -2.47. The van der Waals surface area contributed by atoms with Gasteiger partial charge in [0.05, 0.1) is 4.90 Å². The Balaban J connectivity index is 2.13. The number of halogens is 1. The van der Waals surface area contributed by atoms with Crippen LogP contribution in [0.3, 0.4) is 0 Å². The van der Waals surface area contributed by atoms with E-state index in [0.29, 0.717) is 12.0 Å². The maximum atomic E-state index is 13.4. The predicted molar refractivity (Wildman–Crippen MR) is 67.5 cm³/mol. The molecule has 1 amide bonds. The summed E-state index contributed by atoms with van der Waals surface area (Å²) in [6.45, 7) is 1.82. The molecule has 0 bridgehead atoms.